The Hall–Kier alpha value is -0.680. The Morgan fingerprint density at radius 3 is 2.42 bits per heavy atom. The van der Waals surface area contributed by atoms with Gasteiger partial charge in [-0.2, -0.15) is 0 Å². The highest BCUT2D eigenvalue weighted by Gasteiger charge is 2.16. The van der Waals surface area contributed by atoms with E-state index >= 15 is 0 Å². The summed E-state index contributed by atoms with van der Waals surface area (Å²) < 4.78 is 18.3. The molecule has 0 aliphatic rings. The number of phosphoric ester groups is 1. The average molecular weight is 196 g/mol. The molecule has 12 heavy (non-hydrogen) atoms. The van der Waals surface area contributed by atoms with E-state index in [1.54, 1.807) is 0 Å². The molecule has 0 bridgehead atoms. The SMILES string of the molecule is C=C(COP(=O)(O)O)C(=O)OC. The van der Waals surface area contributed by atoms with E-state index < -0.39 is 20.4 Å². The number of hydrogen-bond donors (Lipinski definition) is 2. The van der Waals surface area contributed by atoms with Crippen LogP contribution < -0.4 is 0 Å². The van der Waals surface area contributed by atoms with Gasteiger partial charge in [0.25, 0.3) is 0 Å². The van der Waals surface area contributed by atoms with Crippen molar-refractivity contribution in [3.63, 3.8) is 0 Å². The molecule has 0 aromatic rings. The molecule has 0 heterocycles. The third-order valence-electron chi connectivity index (χ3n) is 0.881. The number of carbonyl (C=O) groups excluding carboxylic acids is 1. The molecule has 0 saturated carbocycles. The Kier molecular flexibility index (Phi) is 4.12. The Bertz CT molecular complexity index is 228. The largest absolute Gasteiger partial charge is 0.469 e. The zero-order valence-corrected chi connectivity index (χ0v) is 7.28. The summed E-state index contributed by atoms with van der Waals surface area (Å²) in [5, 5.41) is 0. The van der Waals surface area contributed by atoms with Crippen LogP contribution >= 0.6 is 7.82 Å². The minimum atomic E-state index is -4.54. The molecule has 2 N–H and O–H groups in total. The van der Waals surface area contributed by atoms with Crippen LogP contribution in [0.1, 0.15) is 0 Å². The quantitative estimate of drug-likeness (QED) is 0.368. The van der Waals surface area contributed by atoms with Crippen LogP contribution in [-0.2, 0) is 18.6 Å². The minimum absolute atomic E-state index is 0.152. The van der Waals surface area contributed by atoms with Gasteiger partial charge in [-0.25, -0.2) is 9.36 Å². The summed E-state index contributed by atoms with van der Waals surface area (Å²) in [6, 6.07) is 0. The van der Waals surface area contributed by atoms with Crippen molar-refractivity contribution in [2.45, 2.75) is 0 Å². The van der Waals surface area contributed by atoms with Crippen molar-refractivity contribution >= 4 is 13.8 Å². The number of phosphoric acid groups is 1. The number of rotatable bonds is 4. The van der Waals surface area contributed by atoms with E-state index in [2.05, 4.69) is 15.8 Å². The zero-order chi connectivity index (χ0) is 9.78. The van der Waals surface area contributed by atoms with E-state index in [1.807, 2.05) is 0 Å². The Labute approximate surface area is 69.0 Å². The van der Waals surface area contributed by atoms with Gasteiger partial charge in [-0.1, -0.05) is 6.58 Å². The molecule has 6 nitrogen and oxygen atoms in total. The molecule has 0 amide bonds. The number of hydrogen-bond acceptors (Lipinski definition) is 4. The molecule has 0 aromatic heterocycles. The first-order valence-electron chi connectivity index (χ1n) is 2.83. The highest BCUT2D eigenvalue weighted by atomic mass is 31.2. The summed E-state index contributed by atoms with van der Waals surface area (Å²) in [5.74, 6) is -0.761. The first-order chi connectivity index (χ1) is 5.37. The molecule has 7 heteroatoms. The molecule has 0 spiro atoms. The highest BCUT2D eigenvalue weighted by Crippen LogP contribution is 2.35. The topological polar surface area (TPSA) is 93.1 Å². The smallest absolute Gasteiger partial charge is 0.466 e. The minimum Gasteiger partial charge on any atom is -0.466 e. The second-order valence-corrected chi connectivity index (χ2v) is 3.10. The van der Waals surface area contributed by atoms with E-state index in [0.717, 1.165) is 7.11 Å². The van der Waals surface area contributed by atoms with Crippen LogP contribution in [0, 0.1) is 0 Å². The first kappa shape index (κ1) is 11.3. The number of ether oxygens (including phenoxy) is 1. The zero-order valence-electron chi connectivity index (χ0n) is 6.39. The Morgan fingerprint density at radius 2 is 2.08 bits per heavy atom. The Morgan fingerprint density at radius 1 is 1.58 bits per heavy atom. The molecule has 0 aliphatic carbocycles. The predicted molar refractivity (Wildman–Crippen MR) is 39.2 cm³/mol. The lowest BCUT2D eigenvalue weighted by atomic mass is 10.3. The highest BCUT2D eigenvalue weighted by molar-refractivity contribution is 7.46. The third-order valence-corrected chi connectivity index (χ3v) is 1.35. The fourth-order valence-corrected chi connectivity index (χ4v) is 0.689. The summed E-state index contributed by atoms with van der Waals surface area (Å²) in [5.41, 5.74) is -0.152. The normalized spacial score (nSPS) is 10.9. The molecule has 0 saturated heterocycles. The lowest BCUT2D eigenvalue weighted by Crippen LogP contribution is -2.08. The van der Waals surface area contributed by atoms with Crippen molar-refractivity contribution in [2.24, 2.45) is 0 Å². The monoisotopic (exact) mass is 196 g/mol. The van der Waals surface area contributed by atoms with Crippen molar-refractivity contribution in [3.8, 4) is 0 Å². The lowest BCUT2D eigenvalue weighted by Gasteiger charge is -2.05. The lowest BCUT2D eigenvalue weighted by molar-refractivity contribution is -0.136. The number of methoxy groups -OCH3 is 1. The van der Waals surface area contributed by atoms with Crippen LogP contribution in [0.15, 0.2) is 12.2 Å². The average Bonchev–Trinajstić information content (AvgIpc) is 1.97. The van der Waals surface area contributed by atoms with Gasteiger partial charge in [-0.3, -0.25) is 4.52 Å². The number of esters is 1. The standard InChI is InChI=1S/C5H9O6P/c1-4(5(6)10-2)3-11-12(7,8)9/h1,3H2,2H3,(H2,7,8,9). The van der Waals surface area contributed by atoms with Gasteiger partial charge < -0.3 is 14.5 Å². The maximum Gasteiger partial charge on any atom is 0.469 e. The summed E-state index contributed by atoms with van der Waals surface area (Å²) in [7, 11) is -3.41. The molecular formula is C5H9O6P. The summed E-state index contributed by atoms with van der Waals surface area (Å²) in [4.78, 5) is 27.0. The Balaban J connectivity index is 3.89. The van der Waals surface area contributed by atoms with Gasteiger partial charge in [0.15, 0.2) is 0 Å². The molecular weight excluding hydrogens is 187 g/mol. The second kappa shape index (κ2) is 4.37. The molecule has 0 atom stereocenters. The van der Waals surface area contributed by atoms with E-state index in [1.165, 1.54) is 0 Å². The van der Waals surface area contributed by atoms with Gasteiger partial charge >= 0.3 is 13.8 Å². The molecule has 0 unspecified atom stereocenters. The first-order valence-corrected chi connectivity index (χ1v) is 4.36. The van der Waals surface area contributed by atoms with Crippen LogP contribution in [-0.4, -0.2) is 29.5 Å². The van der Waals surface area contributed by atoms with E-state index in [0.29, 0.717) is 0 Å². The van der Waals surface area contributed by atoms with E-state index in [9.17, 15) is 9.36 Å². The maximum absolute atomic E-state index is 10.6. The van der Waals surface area contributed by atoms with Gasteiger partial charge in [0.05, 0.1) is 19.3 Å². The summed E-state index contributed by atoms with van der Waals surface area (Å²) in [6.45, 7) is 2.64. The second-order valence-electron chi connectivity index (χ2n) is 1.86. The maximum atomic E-state index is 10.6. The molecule has 0 fully saturated rings. The van der Waals surface area contributed by atoms with Crippen LogP contribution in [0.3, 0.4) is 0 Å². The van der Waals surface area contributed by atoms with E-state index in [4.69, 9.17) is 9.79 Å². The van der Waals surface area contributed by atoms with Crippen molar-refractivity contribution in [1.82, 2.24) is 0 Å². The number of carbonyl (C=O) groups is 1. The summed E-state index contributed by atoms with van der Waals surface area (Å²) >= 11 is 0. The molecule has 70 valence electrons. The fourth-order valence-electron chi connectivity index (χ4n) is 0.365. The van der Waals surface area contributed by atoms with Gasteiger partial charge in [-0.15, -0.1) is 0 Å². The van der Waals surface area contributed by atoms with Gasteiger partial charge in [0.1, 0.15) is 0 Å². The fraction of sp³-hybridized carbons (Fsp3) is 0.400. The molecule has 0 radical (unpaired) electrons. The van der Waals surface area contributed by atoms with Gasteiger partial charge in [0, 0.05) is 0 Å². The molecule has 0 rings (SSSR count). The van der Waals surface area contributed by atoms with Crippen molar-refractivity contribution in [2.75, 3.05) is 13.7 Å². The van der Waals surface area contributed by atoms with Gasteiger partial charge in [-0.05, 0) is 0 Å². The van der Waals surface area contributed by atoms with Crippen LogP contribution in [0.5, 0.6) is 0 Å². The summed E-state index contributed by atoms with van der Waals surface area (Å²) in [6.07, 6.45) is 0. The van der Waals surface area contributed by atoms with Crippen LogP contribution in [0.4, 0.5) is 0 Å². The molecule has 0 aromatic carbocycles. The van der Waals surface area contributed by atoms with Crippen LogP contribution in [0.25, 0.3) is 0 Å². The van der Waals surface area contributed by atoms with Crippen molar-refractivity contribution in [1.29, 1.82) is 0 Å². The van der Waals surface area contributed by atoms with Crippen molar-refractivity contribution in [3.05, 3.63) is 12.2 Å². The van der Waals surface area contributed by atoms with E-state index in [-0.39, 0.29) is 5.57 Å². The van der Waals surface area contributed by atoms with Crippen LogP contribution in [0.2, 0.25) is 0 Å². The molecule has 0 aliphatic heterocycles. The predicted octanol–water partition coefficient (Wildman–Crippen LogP) is -0.175. The third kappa shape index (κ3) is 5.03. The van der Waals surface area contributed by atoms with Crippen molar-refractivity contribution < 1.29 is 28.4 Å². The van der Waals surface area contributed by atoms with Gasteiger partial charge in [0.2, 0.25) is 0 Å².